The number of sulfonamides is 1. The van der Waals surface area contributed by atoms with E-state index in [9.17, 15) is 18.0 Å². The van der Waals surface area contributed by atoms with Crippen LogP contribution in [-0.4, -0.2) is 40.8 Å². The van der Waals surface area contributed by atoms with Crippen molar-refractivity contribution in [2.24, 2.45) is 5.14 Å². The summed E-state index contributed by atoms with van der Waals surface area (Å²) in [6.45, 7) is 0. The first-order valence-corrected chi connectivity index (χ1v) is 12.8. The second kappa shape index (κ2) is 7.65. The lowest BCUT2D eigenvalue weighted by molar-refractivity contribution is -0.132. The van der Waals surface area contributed by atoms with E-state index in [1.165, 1.54) is 17.1 Å². The van der Waals surface area contributed by atoms with Crippen molar-refractivity contribution in [1.82, 2.24) is 15.4 Å². The van der Waals surface area contributed by atoms with Crippen molar-refractivity contribution < 1.29 is 18.0 Å². The molecule has 0 radical (unpaired) electrons. The van der Waals surface area contributed by atoms with Gasteiger partial charge in [0.05, 0.1) is 10.6 Å². The zero-order chi connectivity index (χ0) is 22.5. The Balaban J connectivity index is 1.62. The van der Waals surface area contributed by atoms with Crippen LogP contribution in [0, 0.1) is 0 Å². The van der Waals surface area contributed by atoms with E-state index in [4.69, 9.17) is 5.14 Å². The highest BCUT2D eigenvalue weighted by Gasteiger charge is 2.49. The minimum Gasteiger partial charge on any atom is -0.350 e. The van der Waals surface area contributed by atoms with Gasteiger partial charge in [0.1, 0.15) is 10.6 Å². The van der Waals surface area contributed by atoms with Crippen molar-refractivity contribution in [3.63, 3.8) is 0 Å². The predicted molar refractivity (Wildman–Crippen MR) is 123 cm³/mol. The van der Waals surface area contributed by atoms with Gasteiger partial charge < -0.3 is 4.98 Å². The van der Waals surface area contributed by atoms with Gasteiger partial charge in [-0.2, -0.15) is 0 Å². The molecule has 0 bridgehead atoms. The van der Waals surface area contributed by atoms with Crippen LogP contribution in [0.3, 0.4) is 0 Å². The SMILES string of the molecule is NS(=O)(=O)c1ccc2[nH]c(C(=O)NN3C(=O)CSC34CCCC4)c(-c3ccccc3)c2c1. The highest BCUT2D eigenvalue weighted by Crippen LogP contribution is 2.47. The number of nitrogens with one attached hydrogen (secondary N) is 2. The molecule has 2 fully saturated rings. The van der Waals surface area contributed by atoms with Crippen LogP contribution in [0.15, 0.2) is 53.4 Å². The molecule has 1 spiro atoms. The highest BCUT2D eigenvalue weighted by atomic mass is 32.2. The standard InChI is InChI=1S/C22H22N4O4S2/c23-32(29,30)15-8-9-17-16(12-15)19(14-6-2-1-3-7-14)20(24-17)21(28)25-26-18(27)13-31-22(26)10-4-5-11-22/h1-3,6-9,12,24H,4-5,10-11,13H2,(H,25,28)(H2,23,29,30). The van der Waals surface area contributed by atoms with E-state index in [2.05, 4.69) is 10.4 Å². The summed E-state index contributed by atoms with van der Waals surface area (Å²) in [6.07, 6.45) is 3.73. The van der Waals surface area contributed by atoms with Crippen LogP contribution in [-0.2, 0) is 14.8 Å². The number of aromatic nitrogens is 1. The number of benzene rings is 2. The topological polar surface area (TPSA) is 125 Å². The van der Waals surface area contributed by atoms with Crippen LogP contribution >= 0.6 is 11.8 Å². The number of hydrogen-bond donors (Lipinski definition) is 3. The molecule has 10 heteroatoms. The van der Waals surface area contributed by atoms with Crippen LogP contribution in [0.1, 0.15) is 36.2 Å². The fourth-order valence-corrected chi connectivity index (χ4v) is 6.51. The molecule has 1 aromatic heterocycles. The number of nitrogens with zero attached hydrogens (tertiary/aromatic N) is 1. The van der Waals surface area contributed by atoms with E-state index in [1.54, 1.807) is 17.8 Å². The van der Waals surface area contributed by atoms with Crippen LogP contribution in [0.5, 0.6) is 0 Å². The maximum atomic E-state index is 13.4. The van der Waals surface area contributed by atoms with E-state index in [0.717, 1.165) is 31.2 Å². The zero-order valence-corrected chi connectivity index (χ0v) is 18.8. The van der Waals surface area contributed by atoms with Gasteiger partial charge in [-0.15, -0.1) is 11.8 Å². The first-order chi connectivity index (χ1) is 15.3. The lowest BCUT2D eigenvalue weighted by Crippen LogP contribution is -2.53. The van der Waals surface area contributed by atoms with Gasteiger partial charge in [-0.25, -0.2) is 18.6 Å². The maximum Gasteiger partial charge on any atom is 0.286 e. The molecule has 2 heterocycles. The van der Waals surface area contributed by atoms with Crippen LogP contribution in [0.25, 0.3) is 22.0 Å². The molecule has 1 saturated carbocycles. The number of aromatic amines is 1. The van der Waals surface area contributed by atoms with Crippen molar-refractivity contribution in [2.75, 3.05) is 5.75 Å². The molecule has 3 aromatic rings. The lowest BCUT2D eigenvalue weighted by atomic mass is 10.0. The van der Waals surface area contributed by atoms with Gasteiger partial charge in [0.25, 0.3) is 11.8 Å². The molecule has 1 saturated heterocycles. The number of carbonyl (C=O) groups excluding carboxylic acids is 2. The van der Waals surface area contributed by atoms with Crippen molar-refractivity contribution in [1.29, 1.82) is 0 Å². The second-order valence-electron chi connectivity index (χ2n) is 8.11. The Bertz CT molecular complexity index is 1330. The van der Waals surface area contributed by atoms with Crippen LogP contribution in [0.2, 0.25) is 0 Å². The third-order valence-electron chi connectivity index (χ3n) is 6.11. The normalized spacial score (nSPS) is 18.0. The molecular formula is C22H22N4O4S2. The summed E-state index contributed by atoms with van der Waals surface area (Å²) in [6, 6.07) is 13.7. The summed E-state index contributed by atoms with van der Waals surface area (Å²) in [5, 5.41) is 7.39. The monoisotopic (exact) mass is 470 g/mol. The van der Waals surface area contributed by atoms with E-state index in [0.29, 0.717) is 22.2 Å². The van der Waals surface area contributed by atoms with Gasteiger partial charge in [0, 0.05) is 16.5 Å². The first kappa shape index (κ1) is 21.0. The Morgan fingerprint density at radius 2 is 1.84 bits per heavy atom. The number of nitrogens with two attached hydrogens (primary N) is 1. The number of primary sulfonamides is 1. The fourth-order valence-electron chi connectivity index (χ4n) is 4.59. The molecule has 0 atom stereocenters. The van der Waals surface area contributed by atoms with Crippen LogP contribution in [0.4, 0.5) is 0 Å². The minimum atomic E-state index is -3.92. The summed E-state index contributed by atoms with van der Waals surface area (Å²) in [5.74, 6) is -0.213. The smallest absolute Gasteiger partial charge is 0.286 e. The molecule has 8 nitrogen and oxygen atoms in total. The number of carbonyl (C=O) groups is 2. The average Bonchev–Trinajstić information content (AvgIpc) is 3.47. The summed E-state index contributed by atoms with van der Waals surface area (Å²) in [7, 11) is -3.92. The van der Waals surface area contributed by atoms with Crippen molar-refractivity contribution >= 4 is 44.5 Å². The van der Waals surface area contributed by atoms with Gasteiger partial charge in [0.2, 0.25) is 10.0 Å². The minimum absolute atomic E-state index is 0.0378. The summed E-state index contributed by atoms with van der Waals surface area (Å²) in [4.78, 5) is 28.7. The van der Waals surface area contributed by atoms with Gasteiger partial charge in [-0.1, -0.05) is 43.2 Å². The van der Waals surface area contributed by atoms with Gasteiger partial charge >= 0.3 is 0 Å². The largest absolute Gasteiger partial charge is 0.350 e. The summed E-state index contributed by atoms with van der Waals surface area (Å²) < 4.78 is 23.8. The first-order valence-electron chi connectivity index (χ1n) is 10.3. The number of amides is 2. The van der Waals surface area contributed by atoms with Gasteiger partial charge in [-0.05, 0) is 36.6 Å². The number of thioether (sulfide) groups is 1. The van der Waals surface area contributed by atoms with E-state index >= 15 is 0 Å². The Morgan fingerprint density at radius 3 is 2.53 bits per heavy atom. The molecule has 2 aliphatic rings. The second-order valence-corrected chi connectivity index (χ2v) is 11.0. The van der Waals surface area contributed by atoms with Gasteiger partial charge in [-0.3, -0.25) is 15.0 Å². The third-order valence-corrected chi connectivity index (χ3v) is 8.54. The number of hydrogen-bond acceptors (Lipinski definition) is 5. The number of fused-ring (bicyclic) bond motifs is 1. The molecule has 0 unspecified atom stereocenters. The fraction of sp³-hybridized carbons (Fsp3) is 0.273. The lowest BCUT2D eigenvalue weighted by Gasteiger charge is -2.33. The molecule has 4 N–H and O–H groups in total. The average molecular weight is 471 g/mol. The molecule has 166 valence electrons. The summed E-state index contributed by atoms with van der Waals surface area (Å²) in [5.41, 5.74) is 5.00. The third kappa shape index (κ3) is 3.48. The van der Waals surface area contributed by atoms with E-state index in [-0.39, 0.29) is 21.4 Å². The number of H-pyrrole nitrogens is 1. The quantitative estimate of drug-likeness (QED) is 0.541. The molecule has 32 heavy (non-hydrogen) atoms. The molecule has 1 aliphatic heterocycles. The van der Waals surface area contributed by atoms with E-state index < -0.39 is 15.9 Å². The zero-order valence-electron chi connectivity index (χ0n) is 17.1. The summed E-state index contributed by atoms with van der Waals surface area (Å²) >= 11 is 1.59. The Morgan fingerprint density at radius 1 is 1.12 bits per heavy atom. The van der Waals surface area contributed by atoms with Crippen LogP contribution < -0.4 is 10.6 Å². The predicted octanol–water partition coefficient (Wildman–Crippen LogP) is 2.97. The van der Waals surface area contributed by atoms with Crippen molar-refractivity contribution in [3.05, 3.63) is 54.2 Å². The van der Waals surface area contributed by atoms with Crippen molar-refractivity contribution in [2.45, 2.75) is 35.4 Å². The molecule has 2 amide bonds. The highest BCUT2D eigenvalue weighted by molar-refractivity contribution is 8.01. The molecule has 5 rings (SSSR count). The maximum absolute atomic E-state index is 13.4. The molecule has 1 aliphatic carbocycles. The Labute approximate surface area is 189 Å². The Kier molecular flexibility index (Phi) is 5.03. The number of rotatable bonds is 4. The molecular weight excluding hydrogens is 448 g/mol. The molecule has 2 aromatic carbocycles. The Hall–Kier alpha value is -2.82. The van der Waals surface area contributed by atoms with E-state index in [1.807, 2.05) is 30.3 Å². The van der Waals surface area contributed by atoms with Gasteiger partial charge in [0.15, 0.2) is 0 Å². The van der Waals surface area contributed by atoms with Crippen molar-refractivity contribution in [3.8, 4) is 11.1 Å². The number of hydrazine groups is 1.